The molecule has 1 heterocycles. The van der Waals surface area contributed by atoms with Gasteiger partial charge in [0.05, 0.1) is 6.04 Å². The van der Waals surface area contributed by atoms with Crippen LogP contribution in [0.15, 0.2) is 29.8 Å². The molecule has 1 aliphatic heterocycles. The molecule has 0 radical (unpaired) electrons. The molecule has 3 atom stereocenters. The number of rotatable bonds is 2. The van der Waals surface area contributed by atoms with Crippen LogP contribution in [0, 0.1) is 5.92 Å². The van der Waals surface area contributed by atoms with E-state index in [1.165, 1.54) is 18.4 Å². The summed E-state index contributed by atoms with van der Waals surface area (Å²) < 4.78 is 0. The van der Waals surface area contributed by atoms with Crippen LogP contribution >= 0.6 is 0 Å². The highest BCUT2D eigenvalue weighted by Crippen LogP contribution is 2.56. The van der Waals surface area contributed by atoms with Crippen molar-refractivity contribution in [2.45, 2.75) is 57.4 Å². The molecule has 1 saturated carbocycles. The minimum Gasteiger partial charge on any atom is -0.508 e. The largest absolute Gasteiger partial charge is 0.508 e. The lowest BCUT2D eigenvalue weighted by molar-refractivity contribution is 0.00213. The Labute approximate surface area is 144 Å². The average Bonchev–Trinajstić information content (AvgIpc) is 2.57. The fraction of sp³-hybridized carbons (Fsp3) is 0.571. The van der Waals surface area contributed by atoms with Gasteiger partial charge in [-0.15, -0.1) is 0 Å². The summed E-state index contributed by atoms with van der Waals surface area (Å²) in [6.45, 7) is 6.09. The van der Waals surface area contributed by atoms with Gasteiger partial charge in [-0.3, -0.25) is 9.69 Å². The number of nitrogens with zero attached hydrogens (tertiary/aromatic N) is 1. The molecule has 3 heteroatoms. The van der Waals surface area contributed by atoms with E-state index in [0.29, 0.717) is 11.7 Å². The number of fused-ring (bicyclic) bond motifs is 1. The van der Waals surface area contributed by atoms with Crippen LogP contribution in [0.3, 0.4) is 0 Å². The number of allylic oxidation sites excluding steroid dienone is 1. The zero-order chi connectivity index (χ0) is 16.9. The highest BCUT2D eigenvalue weighted by molar-refractivity contribution is 6.04. The van der Waals surface area contributed by atoms with E-state index >= 15 is 0 Å². The molecule has 2 bridgehead atoms. The normalized spacial score (nSPS) is 32.0. The van der Waals surface area contributed by atoms with E-state index in [1.807, 2.05) is 12.1 Å². The summed E-state index contributed by atoms with van der Waals surface area (Å²) in [5, 5.41) is 10.0. The van der Waals surface area contributed by atoms with Crippen LogP contribution in [0.2, 0.25) is 0 Å². The lowest BCUT2D eigenvalue weighted by Crippen LogP contribution is -2.63. The first kappa shape index (κ1) is 15.9. The summed E-state index contributed by atoms with van der Waals surface area (Å²) in [7, 11) is 0. The molecule has 0 amide bonds. The van der Waals surface area contributed by atoms with Crippen molar-refractivity contribution in [1.29, 1.82) is 0 Å². The Balaban J connectivity index is 1.82. The number of likely N-dealkylation sites (tertiary alicyclic amines) is 1. The second-order valence-electron chi connectivity index (χ2n) is 8.07. The smallest absolute Gasteiger partial charge is 0.180 e. The number of phenolic OH excluding ortho intramolecular Hbond substituents is 1. The van der Waals surface area contributed by atoms with Crippen LogP contribution in [0.1, 0.15) is 61.9 Å². The van der Waals surface area contributed by atoms with Gasteiger partial charge in [0, 0.05) is 24.1 Å². The zero-order valence-electron chi connectivity index (χ0n) is 14.7. The molecular weight excluding hydrogens is 298 g/mol. The third-order valence-electron chi connectivity index (χ3n) is 6.53. The predicted octanol–water partition coefficient (Wildman–Crippen LogP) is 4.06. The van der Waals surface area contributed by atoms with Crippen molar-refractivity contribution in [3.63, 3.8) is 0 Å². The number of aromatic hydroxyl groups is 1. The quantitative estimate of drug-likeness (QED) is 0.834. The first-order chi connectivity index (χ1) is 11.5. The van der Waals surface area contributed by atoms with E-state index in [2.05, 4.69) is 24.8 Å². The third kappa shape index (κ3) is 2.25. The van der Waals surface area contributed by atoms with Crippen molar-refractivity contribution < 1.29 is 9.90 Å². The maximum atomic E-state index is 13.3. The molecule has 1 aromatic carbocycles. The van der Waals surface area contributed by atoms with Crippen molar-refractivity contribution >= 4 is 5.78 Å². The topological polar surface area (TPSA) is 40.5 Å². The van der Waals surface area contributed by atoms with E-state index in [0.717, 1.165) is 43.5 Å². The first-order valence-electron chi connectivity index (χ1n) is 9.28. The molecule has 1 saturated heterocycles. The molecule has 0 spiro atoms. The SMILES string of the molecule is CC(C)=CCN1CC[C@@]23CCCC[C@H]2[C@@H]1C(=O)c1ccc(O)cc13. The molecule has 4 rings (SSSR count). The first-order valence-corrected chi connectivity index (χ1v) is 9.28. The molecule has 1 aromatic rings. The number of hydrogen-bond acceptors (Lipinski definition) is 3. The van der Waals surface area contributed by atoms with Crippen molar-refractivity contribution in [1.82, 2.24) is 4.90 Å². The number of phenols is 1. The van der Waals surface area contributed by atoms with Gasteiger partial charge in [0.2, 0.25) is 0 Å². The molecule has 3 aliphatic rings. The zero-order valence-corrected chi connectivity index (χ0v) is 14.7. The van der Waals surface area contributed by atoms with Crippen molar-refractivity contribution in [3.05, 3.63) is 41.0 Å². The Morgan fingerprint density at radius 1 is 1.33 bits per heavy atom. The summed E-state index contributed by atoms with van der Waals surface area (Å²) in [4.78, 5) is 15.7. The van der Waals surface area contributed by atoms with Gasteiger partial charge in [0.25, 0.3) is 0 Å². The van der Waals surface area contributed by atoms with Gasteiger partial charge in [0.15, 0.2) is 5.78 Å². The number of piperidine rings is 1. The molecule has 1 N–H and O–H groups in total. The van der Waals surface area contributed by atoms with Crippen molar-refractivity contribution in [3.8, 4) is 5.75 Å². The standard InChI is InChI=1S/C21H27NO2/c1-14(2)8-11-22-12-10-21-9-4-3-5-17(21)19(22)20(24)16-7-6-15(23)13-18(16)21/h6-8,13,17,19,23H,3-5,9-12H2,1-2H3/t17-,19+,21-/m0/s1. The van der Waals surface area contributed by atoms with Crippen LogP contribution in [0.25, 0.3) is 0 Å². The monoisotopic (exact) mass is 325 g/mol. The molecule has 0 unspecified atom stereocenters. The summed E-state index contributed by atoms with van der Waals surface area (Å²) in [5.74, 6) is 0.979. The van der Waals surface area contributed by atoms with Gasteiger partial charge in [-0.1, -0.05) is 24.5 Å². The van der Waals surface area contributed by atoms with E-state index in [1.54, 1.807) is 6.07 Å². The van der Waals surface area contributed by atoms with Crippen LogP contribution < -0.4 is 0 Å². The number of benzene rings is 1. The Morgan fingerprint density at radius 3 is 2.96 bits per heavy atom. The molecular formula is C21H27NO2. The van der Waals surface area contributed by atoms with Gasteiger partial charge in [0.1, 0.15) is 5.75 Å². The van der Waals surface area contributed by atoms with E-state index in [4.69, 9.17) is 0 Å². The van der Waals surface area contributed by atoms with Crippen LogP contribution in [-0.2, 0) is 5.41 Å². The number of ketones is 1. The Kier molecular flexibility index (Phi) is 3.80. The van der Waals surface area contributed by atoms with Gasteiger partial charge in [-0.2, -0.15) is 0 Å². The van der Waals surface area contributed by atoms with Gasteiger partial charge in [-0.25, -0.2) is 0 Å². The Morgan fingerprint density at radius 2 is 2.17 bits per heavy atom. The van der Waals surface area contributed by atoms with Crippen LogP contribution in [-0.4, -0.2) is 34.9 Å². The summed E-state index contributed by atoms with van der Waals surface area (Å²) in [6.07, 6.45) is 8.11. The highest BCUT2D eigenvalue weighted by Gasteiger charge is 2.56. The Bertz CT molecular complexity index is 704. The minimum atomic E-state index is 0.0201. The number of hydrogen-bond donors (Lipinski definition) is 1. The molecule has 128 valence electrons. The summed E-state index contributed by atoms with van der Waals surface area (Å²) in [6, 6.07) is 5.43. The lowest BCUT2D eigenvalue weighted by Gasteiger charge is -2.58. The number of Topliss-reactive ketones (excluding diaryl/α,β-unsaturated/α-hetero) is 1. The molecule has 3 nitrogen and oxygen atoms in total. The van der Waals surface area contributed by atoms with Gasteiger partial charge >= 0.3 is 0 Å². The maximum Gasteiger partial charge on any atom is 0.180 e. The third-order valence-corrected chi connectivity index (χ3v) is 6.53. The Hall–Kier alpha value is -1.61. The molecule has 24 heavy (non-hydrogen) atoms. The van der Waals surface area contributed by atoms with Crippen LogP contribution in [0.4, 0.5) is 0 Å². The van der Waals surface area contributed by atoms with E-state index in [-0.39, 0.29) is 17.2 Å². The average molecular weight is 325 g/mol. The fourth-order valence-corrected chi connectivity index (χ4v) is 5.41. The van der Waals surface area contributed by atoms with E-state index < -0.39 is 0 Å². The highest BCUT2D eigenvalue weighted by atomic mass is 16.3. The predicted molar refractivity (Wildman–Crippen MR) is 95.5 cm³/mol. The second kappa shape index (κ2) is 5.73. The van der Waals surface area contributed by atoms with Gasteiger partial charge in [-0.05, 0) is 62.8 Å². The van der Waals surface area contributed by atoms with E-state index in [9.17, 15) is 9.90 Å². The molecule has 2 fully saturated rings. The summed E-state index contributed by atoms with van der Waals surface area (Å²) >= 11 is 0. The summed E-state index contributed by atoms with van der Waals surface area (Å²) in [5.41, 5.74) is 3.41. The maximum absolute atomic E-state index is 13.3. The molecule has 0 aromatic heterocycles. The molecule has 2 aliphatic carbocycles. The fourth-order valence-electron chi connectivity index (χ4n) is 5.41. The lowest BCUT2D eigenvalue weighted by atomic mass is 9.52. The minimum absolute atomic E-state index is 0.0201. The van der Waals surface area contributed by atoms with Gasteiger partial charge < -0.3 is 5.11 Å². The number of carbonyl (C=O) groups is 1. The second-order valence-corrected chi connectivity index (χ2v) is 8.07. The van der Waals surface area contributed by atoms with Crippen LogP contribution in [0.5, 0.6) is 5.75 Å². The van der Waals surface area contributed by atoms with Crippen molar-refractivity contribution in [2.75, 3.05) is 13.1 Å². The number of carbonyl (C=O) groups excluding carboxylic acids is 1. The van der Waals surface area contributed by atoms with Crippen molar-refractivity contribution in [2.24, 2.45) is 5.92 Å².